The molecular formula is C29H27NO6. The average molecular weight is 486 g/mol. The Morgan fingerprint density at radius 1 is 0.833 bits per heavy atom. The highest BCUT2D eigenvalue weighted by atomic mass is 16.5. The van der Waals surface area contributed by atoms with Gasteiger partial charge in [0.2, 0.25) is 5.91 Å². The van der Waals surface area contributed by atoms with Crippen LogP contribution in [0.15, 0.2) is 89.4 Å². The molecule has 0 heterocycles. The summed E-state index contributed by atoms with van der Waals surface area (Å²) < 4.78 is 21.2. The van der Waals surface area contributed by atoms with Crippen LogP contribution in [0.1, 0.15) is 18.1 Å². The predicted octanol–water partition coefficient (Wildman–Crippen LogP) is 5.08. The number of fused-ring (bicyclic) bond motifs is 1. The van der Waals surface area contributed by atoms with Crippen molar-refractivity contribution in [2.45, 2.75) is 6.92 Å². The summed E-state index contributed by atoms with van der Waals surface area (Å²) in [6.45, 7) is 1.96. The Kier molecular flexibility index (Phi) is 7.10. The highest BCUT2D eigenvalue weighted by Gasteiger charge is 2.26. The topological polar surface area (TPSA) is 83.1 Å². The second-order valence-corrected chi connectivity index (χ2v) is 8.13. The molecule has 0 bridgehead atoms. The molecule has 7 nitrogen and oxygen atoms in total. The Balaban J connectivity index is 1.78. The number of benzene rings is 2. The maximum Gasteiger partial charge on any atom is 0.261 e. The molecule has 0 spiro atoms. The molecule has 2 aromatic carbocycles. The molecule has 2 aliphatic carbocycles. The number of anilines is 1. The summed E-state index contributed by atoms with van der Waals surface area (Å²) in [5.41, 5.74) is 5.77. The zero-order valence-corrected chi connectivity index (χ0v) is 20.8. The lowest BCUT2D eigenvalue weighted by Crippen LogP contribution is -2.13. The van der Waals surface area contributed by atoms with Crippen LogP contribution in [0, 0.1) is 0 Å². The van der Waals surface area contributed by atoms with Gasteiger partial charge in [-0.2, -0.15) is 0 Å². The van der Waals surface area contributed by atoms with Crippen molar-refractivity contribution in [3.63, 3.8) is 0 Å². The fourth-order valence-corrected chi connectivity index (χ4v) is 4.19. The average Bonchev–Trinajstić information content (AvgIpc) is 3.14. The van der Waals surface area contributed by atoms with E-state index in [1.54, 1.807) is 44.6 Å². The van der Waals surface area contributed by atoms with Gasteiger partial charge in [0.15, 0.2) is 11.5 Å². The van der Waals surface area contributed by atoms with E-state index in [-0.39, 0.29) is 23.2 Å². The van der Waals surface area contributed by atoms with Crippen molar-refractivity contribution in [1.82, 2.24) is 0 Å². The molecule has 0 atom stereocenters. The summed E-state index contributed by atoms with van der Waals surface area (Å²) in [5, 5.41) is 2.90. The molecule has 0 fully saturated rings. The molecule has 7 heteroatoms. The number of Topliss-reactive ketones (excluding diaryl/α,β-unsaturated/α-hetero) is 1. The van der Waals surface area contributed by atoms with Crippen molar-refractivity contribution in [3.05, 3.63) is 101 Å². The lowest BCUT2D eigenvalue weighted by molar-refractivity contribution is -0.118. The Hall–Kier alpha value is -4.52. The van der Waals surface area contributed by atoms with Crippen LogP contribution >= 0.6 is 0 Å². The summed E-state index contributed by atoms with van der Waals surface area (Å²) in [6, 6.07) is 12.9. The smallest absolute Gasteiger partial charge is 0.261 e. The number of ether oxygens (including phenoxy) is 4. The predicted molar refractivity (Wildman–Crippen MR) is 138 cm³/mol. The monoisotopic (exact) mass is 485 g/mol. The van der Waals surface area contributed by atoms with Gasteiger partial charge in [-0.15, -0.1) is 0 Å². The second-order valence-electron chi connectivity index (χ2n) is 8.13. The minimum Gasteiger partial charge on any atom is -0.497 e. The van der Waals surface area contributed by atoms with Gasteiger partial charge in [-0.25, -0.2) is 0 Å². The third kappa shape index (κ3) is 4.81. The molecule has 36 heavy (non-hydrogen) atoms. The van der Waals surface area contributed by atoms with Crippen LogP contribution < -0.4 is 14.8 Å². The maximum absolute atomic E-state index is 13.0. The lowest BCUT2D eigenvalue weighted by Gasteiger charge is -2.14. The van der Waals surface area contributed by atoms with Crippen LogP contribution in [-0.4, -0.2) is 40.1 Å². The summed E-state index contributed by atoms with van der Waals surface area (Å²) in [5.74, 6) is 1.14. The Morgan fingerprint density at radius 2 is 1.50 bits per heavy atom. The van der Waals surface area contributed by atoms with Crippen molar-refractivity contribution in [2.24, 2.45) is 0 Å². The Labute approximate surface area is 210 Å². The quantitative estimate of drug-likeness (QED) is 0.551. The van der Waals surface area contributed by atoms with Gasteiger partial charge in [0.25, 0.3) is 5.78 Å². The van der Waals surface area contributed by atoms with E-state index in [1.807, 2.05) is 43.3 Å². The van der Waals surface area contributed by atoms with E-state index >= 15 is 0 Å². The van der Waals surface area contributed by atoms with Crippen LogP contribution in [0.5, 0.6) is 11.5 Å². The number of hydrogen-bond acceptors (Lipinski definition) is 6. The second kappa shape index (κ2) is 10.4. The first kappa shape index (κ1) is 24.6. The Bertz CT molecular complexity index is 1360. The minimum absolute atomic E-state index is 0.195. The van der Waals surface area contributed by atoms with Gasteiger partial charge in [0.1, 0.15) is 11.5 Å². The van der Waals surface area contributed by atoms with Gasteiger partial charge < -0.3 is 24.3 Å². The summed E-state index contributed by atoms with van der Waals surface area (Å²) in [7, 11) is 6.08. The number of nitrogens with one attached hydrogen (secondary N) is 1. The van der Waals surface area contributed by atoms with Gasteiger partial charge in [-0.3, -0.25) is 9.59 Å². The van der Waals surface area contributed by atoms with Crippen LogP contribution in [0.3, 0.4) is 0 Å². The van der Waals surface area contributed by atoms with Crippen molar-refractivity contribution >= 4 is 28.5 Å². The van der Waals surface area contributed by atoms with Gasteiger partial charge in [0.05, 0.1) is 28.4 Å². The van der Waals surface area contributed by atoms with Crippen LogP contribution in [0.4, 0.5) is 5.69 Å². The third-order valence-electron chi connectivity index (χ3n) is 6.02. The van der Waals surface area contributed by atoms with E-state index in [2.05, 4.69) is 5.32 Å². The lowest BCUT2D eigenvalue weighted by atomic mass is 9.99. The van der Waals surface area contributed by atoms with Crippen molar-refractivity contribution in [3.8, 4) is 11.5 Å². The molecule has 4 rings (SSSR count). The third-order valence-corrected chi connectivity index (χ3v) is 6.02. The zero-order chi connectivity index (χ0) is 25.8. The van der Waals surface area contributed by atoms with Gasteiger partial charge in [-0.1, -0.05) is 12.1 Å². The minimum atomic E-state index is -0.311. The van der Waals surface area contributed by atoms with Crippen molar-refractivity contribution in [1.29, 1.82) is 0 Å². The van der Waals surface area contributed by atoms with E-state index in [4.69, 9.17) is 18.9 Å². The Morgan fingerprint density at radius 3 is 2.14 bits per heavy atom. The zero-order valence-electron chi connectivity index (χ0n) is 20.8. The van der Waals surface area contributed by atoms with E-state index < -0.39 is 0 Å². The first-order chi connectivity index (χ1) is 17.4. The molecule has 0 radical (unpaired) electrons. The fraction of sp³-hybridized carbons (Fsp3) is 0.172. The standard InChI is InChI=1S/C29H27NO6/c1-17-23(11-18-12-26(35-4)29(32)27(13-18)36-5)22-10-9-21(34-3)15-25(22)24(17)16-28(31)30-19-7-6-8-20(14-19)33-2/h6-16H,1-5H3,(H,30,31)/b24-16+. The van der Waals surface area contributed by atoms with Crippen LogP contribution in [-0.2, 0) is 19.1 Å². The molecule has 0 saturated heterocycles. The van der Waals surface area contributed by atoms with Gasteiger partial charge in [-0.05, 0) is 82.8 Å². The molecular weight excluding hydrogens is 458 g/mol. The number of amides is 1. The summed E-state index contributed by atoms with van der Waals surface area (Å²) in [6.07, 6.45) is 6.87. The number of rotatable bonds is 7. The number of ketones is 1. The highest BCUT2D eigenvalue weighted by molar-refractivity contribution is 6.12. The number of carbonyl (C=O) groups excluding carboxylic acids is 2. The molecule has 184 valence electrons. The molecule has 0 saturated carbocycles. The number of allylic oxidation sites excluding steroid dienone is 7. The van der Waals surface area contributed by atoms with Crippen LogP contribution in [0.2, 0.25) is 0 Å². The fourth-order valence-electron chi connectivity index (χ4n) is 4.19. The van der Waals surface area contributed by atoms with E-state index in [1.165, 1.54) is 14.2 Å². The number of carbonyl (C=O) groups is 2. The van der Waals surface area contributed by atoms with Crippen molar-refractivity contribution < 1.29 is 28.5 Å². The van der Waals surface area contributed by atoms with Gasteiger partial charge in [0, 0.05) is 17.8 Å². The first-order valence-corrected chi connectivity index (χ1v) is 11.2. The molecule has 0 aliphatic heterocycles. The van der Waals surface area contributed by atoms with E-state index in [0.717, 1.165) is 33.4 Å². The maximum atomic E-state index is 13.0. The molecule has 0 unspecified atom stereocenters. The van der Waals surface area contributed by atoms with Crippen molar-refractivity contribution in [2.75, 3.05) is 33.8 Å². The molecule has 1 amide bonds. The van der Waals surface area contributed by atoms with E-state index in [9.17, 15) is 9.59 Å². The van der Waals surface area contributed by atoms with Gasteiger partial charge >= 0.3 is 0 Å². The van der Waals surface area contributed by atoms with E-state index in [0.29, 0.717) is 17.2 Å². The largest absolute Gasteiger partial charge is 0.497 e. The highest BCUT2D eigenvalue weighted by Crippen LogP contribution is 2.44. The SMILES string of the molecule is COC1=CC(=CC2=C(C)/C(=C\C(=O)Nc3cccc(OC)c3)c3cc(OC)ccc32)C=C(OC)C1=O. The molecule has 0 aromatic heterocycles. The number of hydrogen-bond donors (Lipinski definition) is 1. The van der Waals surface area contributed by atoms with Crippen LogP contribution in [0.25, 0.3) is 11.1 Å². The molecule has 2 aromatic rings. The molecule has 1 N–H and O–H groups in total. The summed E-state index contributed by atoms with van der Waals surface area (Å²) in [4.78, 5) is 25.4. The number of methoxy groups -OCH3 is 4. The summed E-state index contributed by atoms with van der Waals surface area (Å²) >= 11 is 0. The molecule has 2 aliphatic rings. The first-order valence-electron chi connectivity index (χ1n) is 11.2. The normalized spacial score (nSPS) is 15.8.